The average Bonchev–Trinajstić information content (AvgIpc) is 3.54. The first-order valence-corrected chi connectivity index (χ1v) is 26.3. The third kappa shape index (κ3) is 5.43. The number of benzene rings is 4. The Morgan fingerprint density at radius 2 is 1.40 bits per heavy atom. The Bertz CT molecular complexity index is 1740. The van der Waals surface area contributed by atoms with Gasteiger partial charge in [-0.1, -0.05) is 0 Å². The normalized spacial score (nSPS) is 16.7. The molecular formula is C39H44Cl2SiZr. The van der Waals surface area contributed by atoms with Crippen molar-refractivity contribution in [1.82, 2.24) is 0 Å². The van der Waals surface area contributed by atoms with Crippen molar-refractivity contribution in [2.75, 3.05) is 0 Å². The van der Waals surface area contributed by atoms with E-state index < -0.39 is 27.4 Å². The Hall–Kier alpha value is -1.70. The zero-order chi connectivity index (χ0) is 30.9. The summed E-state index contributed by atoms with van der Waals surface area (Å²) in [5, 5.41) is 3.01. The molecule has 1 unspecified atom stereocenters. The molecule has 0 bridgehead atoms. The fourth-order valence-electron chi connectivity index (χ4n) is 7.19. The fourth-order valence-corrected chi connectivity index (χ4v) is 24.2. The molecule has 2 aliphatic rings. The molecule has 0 fully saturated rings. The molecule has 1 heterocycles. The van der Waals surface area contributed by atoms with E-state index in [4.69, 9.17) is 17.0 Å². The van der Waals surface area contributed by atoms with Gasteiger partial charge in [0, 0.05) is 0 Å². The minimum absolute atomic E-state index is 0.0559. The zero-order valence-corrected chi connectivity index (χ0v) is 32.3. The Labute approximate surface area is 273 Å². The summed E-state index contributed by atoms with van der Waals surface area (Å²) in [6.45, 7) is 18.5. The predicted octanol–water partition coefficient (Wildman–Crippen LogP) is 9.25. The molecule has 1 aliphatic carbocycles. The van der Waals surface area contributed by atoms with E-state index in [0.717, 1.165) is 12.8 Å². The van der Waals surface area contributed by atoms with Crippen molar-refractivity contribution < 1.29 is 17.9 Å². The molecular weight excluding hydrogens is 659 g/mol. The monoisotopic (exact) mass is 700 g/mol. The van der Waals surface area contributed by atoms with Crippen LogP contribution in [-0.2, 0) is 35.1 Å². The van der Waals surface area contributed by atoms with Gasteiger partial charge in [-0.05, 0) is 0 Å². The maximum absolute atomic E-state index is 7.89. The molecule has 0 spiro atoms. The minimum atomic E-state index is -3.99. The summed E-state index contributed by atoms with van der Waals surface area (Å²) >= 11 is -3.99. The van der Waals surface area contributed by atoms with Gasteiger partial charge in [0.15, 0.2) is 0 Å². The second-order valence-electron chi connectivity index (χ2n) is 14.5. The molecule has 4 heteroatoms. The van der Waals surface area contributed by atoms with E-state index in [1.54, 1.807) is 0 Å². The van der Waals surface area contributed by atoms with Gasteiger partial charge in [-0.15, -0.1) is 0 Å². The van der Waals surface area contributed by atoms with E-state index in [9.17, 15) is 0 Å². The van der Waals surface area contributed by atoms with Crippen molar-refractivity contribution in [2.45, 2.75) is 82.7 Å². The first kappa shape index (κ1) is 31.3. The standard InChI is InChI=1S/C27H35.C12H9Si.2ClH.Zr/c1-9-18-13-20-12-11-19(10-2)25(24(20)14-18)21-15-22(26(3,4)5)17-23(16-21)27(6,7)8;1-3-7-11-9(5-1)10-6-2-4-8-12(10)13-11;;;/h11-17H,9-10H2,1-8H3;1-7H,13H2;2*1H;/q;;;;+2/p-2. The Morgan fingerprint density at radius 3 is 2.02 bits per heavy atom. The zero-order valence-electron chi connectivity index (χ0n) is 27.0. The number of hydrogen-bond donors (Lipinski definition) is 0. The van der Waals surface area contributed by atoms with E-state index in [1.807, 2.05) is 0 Å². The SMILES string of the molecule is CCC1=Cc2c(ccc(CC)c2-c2cc(C(C)(C)C)cc(C(C)(C)C)c2)[CH]1[Zr]([Cl])([Cl])[c]1cccc2c1[SiH2]c1ccccc1-2. The molecule has 0 amide bonds. The first-order valence-electron chi connectivity index (χ1n) is 15.9. The van der Waals surface area contributed by atoms with Crippen LogP contribution in [0.3, 0.4) is 0 Å². The van der Waals surface area contributed by atoms with Crippen LogP contribution < -0.4 is 13.6 Å². The Kier molecular flexibility index (Phi) is 8.20. The molecule has 222 valence electrons. The molecule has 0 nitrogen and oxygen atoms in total. The summed E-state index contributed by atoms with van der Waals surface area (Å²) < 4.78 is 1.42. The Balaban J connectivity index is 1.55. The molecule has 43 heavy (non-hydrogen) atoms. The van der Waals surface area contributed by atoms with E-state index >= 15 is 0 Å². The molecule has 0 aromatic heterocycles. The van der Waals surface area contributed by atoms with Crippen LogP contribution in [0, 0.1) is 0 Å². The number of aryl methyl sites for hydroxylation is 1. The fraction of sp³-hybridized carbons (Fsp3) is 0.333. The van der Waals surface area contributed by atoms with Gasteiger partial charge in [0.2, 0.25) is 0 Å². The second-order valence-corrected chi connectivity index (χ2v) is 30.4. The third-order valence-electron chi connectivity index (χ3n) is 9.69. The van der Waals surface area contributed by atoms with Gasteiger partial charge < -0.3 is 0 Å². The number of halogens is 2. The van der Waals surface area contributed by atoms with Crippen LogP contribution in [0.5, 0.6) is 0 Å². The van der Waals surface area contributed by atoms with Crippen molar-refractivity contribution in [3.8, 4) is 22.3 Å². The van der Waals surface area contributed by atoms with Crippen LogP contribution in [0.15, 0.2) is 78.4 Å². The van der Waals surface area contributed by atoms with Gasteiger partial charge in [0.1, 0.15) is 0 Å². The molecule has 0 N–H and O–H groups in total. The number of hydrogen-bond acceptors (Lipinski definition) is 0. The van der Waals surface area contributed by atoms with Crippen LogP contribution >= 0.6 is 17.0 Å². The van der Waals surface area contributed by atoms with Crippen molar-refractivity contribution in [1.29, 1.82) is 0 Å². The molecule has 1 aliphatic heterocycles. The molecule has 1 atom stereocenters. The van der Waals surface area contributed by atoms with Gasteiger partial charge in [0.05, 0.1) is 0 Å². The van der Waals surface area contributed by atoms with Gasteiger partial charge in [0.25, 0.3) is 0 Å². The third-order valence-corrected chi connectivity index (χ3v) is 24.0. The molecule has 4 aromatic rings. The molecule has 6 rings (SSSR count). The molecule has 0 saturated heterocycles. The summed E-state index contributed by atoms with van der Waals surface area (Å²) in [5.74, 6) is 0. The second kappa shape index (κ2) is 11.3. The van der Waals surface area contributed by atoms with Gasteiger partial charge in [-0.3, -0.25) is 0 Å². The van der Waals surface area contributed by atoms with Crippen LogP contribution in [0.4, 0.5) is 0 Å². The molecule has 4 aromatic carbocycles. The van der Waals surface area contributed by atoms with E-state index in [-0.39, 0.29) is 14.5 Å². The van der Waals surface area contributed by atoms with Crippen LogP contribution in [0.25, 0.3) is 28.3 Å². The maximum atomic E-state index is 7.89. The summed E-state index contributed by atoms with van der Waals surface area (Å²) in [7, 11) is 15.2. The van der Waals surface area contributed by atoms with Crippen LogP contribution in [-0.4, -0.2) is 9.52 Å². The van der Waals surface area contributed by atoms with E-state index in [2.05, 4.69) is 134 Å². The van der Waals surface area contributed by atoms with Crippen molar-refractivity contribution in [3.05, 3.63) is 106 Å². The van der Waals surface area contributed by atoms with Crippen LogP contribution in [0.1, 0.15) is 93.3 Å². The van der Waals surface area contributed by atoms with Gasteiger partial charge in [-0.25, -0.2) is 0 Å². The van der Waals surface area contributed by atoms with Crippen molar-refractivity contribution in [3.63, 3.8) is 0 Å². The first-order chi connectivity index (χ1) is 20.3. The summed E-state index contributed by atoms with van der Waals surface area (Å²) in [5.41, 5.74) is 13.8. The molecule has 0 saturated carbocycles. The summed E-state index contributed by atoms with van der Waals surface area (Å²) in [6.07, 6.45) is 4.42. The number of allylic oxidation sites excluding steroid dienone is 1. The summed E-state index contributed by atoms with van der Waals surface area (Å²) in [4.78, 5) is 0. The number of rotatable bonds is 5. The van der Waals surface area contributed by atoms with Gasteiger partial charge >= 0.3 is 275 Å². The van der Waals surface area contributed by atoms with Gasteiger partial charge in [-0.2, -0.15) is 0 Å². The van der Waals surface area contributed by atoms with Crippen molar-refractivity contribution in [2.24, 2.45) is 0 Å². The predicted molar refractivity (Wildman–Crippen MR) is 191 cm³/mol. The van der Waals surface area contributed by atoms with Crippen LogP contribution in [0.2, 0.25) is 0 Å². The Morgan fingerprint density at radius 1 is 0.744 bits per heavy atom. The van der Waals surface area contributed by atoms with E-state index in [1.165, 1.54) is 69.3 Å². The summed E-state index contributed by atoms with van der Waals surface area (Å²) in [6, 6.07) is 27.7. The van der Waals surface area contributed by atoms with E-state index in [0.29, 0.717) is 0 Å². The topological polar surface area (TPSA) is 0 Å². The molecule has 0 radical (unpaired) electrons. The quantitative estimate of drug-likeness (QED) is 0.160. The average molecular weight is 703 g/mol. The number of fused-ring (bicyclic) bond motifs is 4. The van der Waals surface area contributed by atoms with Crippen molar-refractivity contribution >= 4 is 46.3 Å².